The second-order valence-electron chi connectivity index (χ2n) is 4.20. The smallest absolute Gasteiger partial charge is 0.272 e. The van der Waals surface area contributed by atoms with E-state index >= 15 is 0 Å². The molecule has 0 fully saturated rings. The van der Waals surface area contributed by atoms with Crippen molar-refractivity contribution in [1.29, 1.82) is 0 Å². The maximum Gasteiger partial charge on any atom is 0.272 e. The highest BCUT2D eigenvalue weighted by atomic mass is 35.5. The van der Waals surface area contributed by atoms with Crippen LogP contribution in [0.3, 0.4) is 0 Å². The summed E-state index contributed by atoms with van der Waals surface area (Å²) < 4.78 is 13.6. The lowest BCUT2D eigenvalue weighted by atomic mass is 10.1. The summed E-state index contributed by atoms with van der Waals surface area (Å²) in [7, 11) is 0. The number of hydrogen-bond acceptors (Lipinski definition) is 3. The molecule has 0 heterocycles. The van der Waals surface area contributed by atoms with E-state index in [1.807, 2.05) is 0 Å². The summed E-state index contributed by atoms with van der Waals surface area (Å²) in [5.41, 5.74) is -1.60. The lowest BCUT2D eigenvalue weighted by Crippen LogP contribution is -2.49. The van der Waals surface area contributed by atoms with Gasteiger partial charge in [-0.15, -0.1) is 23.2 Å². The summed E-state index contributed by atoms with van der Waals surface area (Å²) in [4.78, 5) is 21.6. The van der Waals surface area contributed by atoms with E-state index in [-0.39, 0.29) is 17.3 Å². The molecule has 0 aliphatic carbocycles. The van der Waals surface area contributed by atoms with Crippen LogP contribution in [-0.2, 0) is 0 Å². The molecule has 8 heteroatoms. The number of amides is 1. The number of rotatable bonds is 5. The van der Waals surface area contributed by atoms with Gasteiger partial charge in [-0.05, 0) is 13.0 Å². The molecule has 0 bridgehead atoms. The first kappa shape index (κ1) is 15.7. The maximum absolute atomic E-state index is 13.6. The van der Waals surface area contributed by atoms with Gasteiger partial charge in [0.15, 0.2) is 0 Å². The first-order valence-electron chi connectivity index (χ1n) is 5.21. The summed E-state index contributed by atoms with van der Waals surface area (Å²) >= 11 is 11.3. The molecule has 0 atom stereocenters. The predicted molar refractivity (Wildman–Crippen MR) is 70.4 cm³/mol. The minimum absolute atomic E-state index is 0.0524. The Morgan fingerprint density at radius 2 is 2.05 bits per heavy atom. The van der Waals surface area contributed by atoms with Crippen LogP contribution in [-0.4, -0.2) is 28.1 Å². The zero-order valence-electron chi connectivity index (χ0n) is 9.95. The lowest BCUT2D eigenvalue weighted by Gasteiger charge is -2.25. The van der Waals surface area contributed by atoms with Crippen LogP contribution in [0.1, 0.15) is 17.3 Å². The molecule has 5 nitrogen and oxygen atoms in total. The fourth-order valence-corrected chi connectivity index (χ4v) is 1.67. The third-order valence-electron chi connectivity index (χ3n) is 2.41. The van der Waals surface area contributed by atoms with Crippen molar-refractivity contribution in [3.8, 4) is 0 Å². The second-order valence-corrected chi connectivity index (χ2v) is 4.74. The van der Waals surface area contributed by atoms with E-state index < -0.39 is 27.9 Å². The number of nitro benzene ring substituents is 1. The number of carbonyl (C=O) groups is 1. The van der Waals surface area contributed by atoms with Crippen LogP contribution >= 0.6 is 23.2 Å². The molecule has 1 N–H and O–H groups in total. The van der Waals surface area contributed by atoms with Crippen LogP contribution < -0.4 is 5.32 Å². The molecule has 0 radical (unpaired) electrons. The van der Waals surface area contributed by atoms with Crippen molar-refractivity contribution >= 4 is 34.8 Å². The van der Waals surface area contributed by atoms with Crippen LogP contribution in [0.5, 0.6) is 0 Å². The van der Waals surface area contributed by atoms with Crippen molar-refractivity contribution < 1.29 is 14.1 Å². The molecule has 19 heavy (non-hydrogen) atoms. The minimum atomic E-state index is -0.974. The standard InChI is InChI=1S/C11H11Cl2FN2O3/c1-11(5-12,6-13)15-10(17)8-3-2-7(16(18)19)4-9(8)14/h2-4H,5-6H2,1H3,(H,15,17). The van der Waals surface area contributed by atoms with Crippen LogP contribution in [0.4, 0.5) is 10.1 Å². The fraction of sp³-hybridized carbons (Fsp3) is 0.364. The molecule has 0 aliphatic heterocycles. The highest BCUT2D eigenvalue weighted by Crippen LogP contribution is 2.18. The number of nitro groups is 1. The maximum atomic E-state index is 13.6. The van der Waals surface area contributed by atoms with Gasteiger partial charge in [-0.2, -0.15) is 0 Å². The zero-order valence-corrected chi connectivity index (χ0v) is 11.5. The Morgan fingerprint density at radius 3 is 2.47 bits per heavy atom. The minimum Gasteiger partial charge on any atom is -0.344 e. The van der Waals surface area contributed by atoms with Gasteiger partial charge in [-0.1, -0.05) is 0 Å². The number of halogens is 3. The molecule has 0 spiro atoms. The van der Waals surface area contributed by atoms with Gasteiger partial charge >= 0.3 is 0 Å². The van der Waals surface area contributed by atoms with Gasteiger partial charge in [0.2, 0.25) is 0 Å². The van der Waals surface area contributed by atoms with Crippen LogP contribution in [0, 0.1) is 15.9 Å². The number of carbonyl (C=O) groups excluding carboxylic acids is 1. The van der Waals surface area contributed by atoms with Gasteiger partial charge in [-0.25, -0.2) is 4.39 Å². The normalized spacial score (nSPS) is 11.2. The van der Waals surface area contributed by atoms with Crippen molar-refractivity contribution in [1.82, 2.24) is 5.32 Å². The molecule has 0 unspecified atom stereocenters. The molecule has 104 valence electrons. The average molecular weight is 309 g/mol. The summed E-state index contributed by atoms with van der Waals surface area (Å²) in [6.07, 6.45) is 0. The molecular formula is C11H11Cl2FN2O3. The van der Waals surface area contributed by atoms with Crippen LogP contribution in [0.25, 0.3) is 0 Å². The van der Waals surface area contributed by atoms with Gasteiger partial charge < -0.3 is 5.32 Å². The fourth-order valence-electron chi connectivity index (χ4n) is 1.25. The SMILES string of the molecule is CC(CCl)(CCl)NC(=O)c1ccc([N+](=O)[O-])cc1F. The van der Waals surface area contributed by atoms with E-state index in [0.717, 1.165) is 12.1 Å². The van der Waals surface area contributed by atoms with Gasteiger partial charge in [0, 0.05) is 17.8 Å². The van der Waals surface area contributed by atoms with E-state index in [4.69, 9.17) is 23.2 Å². The number of non-ortho nitro benzene ring substituents is 1. The number of hydrogen-bond donors (Lipinski definition) is 1. The predicted octanol–water partition coefficient (Wildman–Crippen LogP) is 2.70. The van der Waals surface area contributed by atoms with E-state index in [1.54, 1.807) is 6.92 Å². The number of nitrogens with one attached hydrogen (secondary N) is 1. The molecular weight excluding hydrogens is 298 g/mol. The Balaban J connectivity index is 2.98. The summed E-state index contributed by atoms with van der Waals surface area (Å²) in [5.74, 6) is -1.59. The largest absolute Gasteiger partial charge is 0.344 e. The van der Waals surface area contributed by atoms with E-state index in [1.165, 1.54) is 0 Å². The van der Waals surface area contributed by atoms with Gasteiger partial charge in [0.05, 0.1) is 22.1 Å². The van der Waals surface area contributed by atoms with Gasteiger partial charge in [-0.3, -0.25) is 14.9 Å². The van der Waals surface area contributed by atoms with Crippen molar-refractivity contribution in [2.24, 2.45) is 0 Å². The summed E-state index contributed by atoms with van der Waals surface area (Å²) in [5, 5.41) is 12.9. The van der Waals surface area contributed by atoms with E-state index in [9.17, 15) is 19.3 Å². The molecule has 1 aromatic carbocycles. The first-order valence-corrected chi connectivity index (χ1v) is 6.28. The number of nitrogens with zero attached hydrogens (tertiary/aromatic N) is 1. The molecule has 0 aliphatic rings. The van der Waals surface area contributed by atoms with Crippen molar-refractivity contribution in [3.63, 3.8) is 0 Å². The third-order valence-corrected chi connectivity index (χ3v) is 3.59. The molecule has 0 aromatic heterocycles. The zero-order chi connectivity index (χ0) is 14.6. The molecule has 1 amide bonds. The molecule has 0 saturated carbocycles. The van der Waals surface area contributed by atoms with E-state index in [2.05, 4.69) is 5.32 Å². The van der Waals surface area contributed by atoms with E-state index in [0.29, 0.717) is 6.07 Å². The Kier molecular flexibility index (Phi) is 5.08. The topological polar surface area (TPSA) is 72.2 Å². The quantitative estimate of drug-likeness (QED) is 0.516. The van der Waals surface area contributed by atoms with Crippen molar-refractivity contribution in [2.45, 2.75) is 12.5 Å². The molecule has 1 aromatic rings. The first-order chi connectivity index (χ1) is 8.83. The number of alkyl halides is 2. The second kappa shape index (κ2) is 6.16. The Hall–Kier alpha value is -1.40. The van der Waals surface area contributed by atoms with Gasteiger partial charge in [0.1, 0.15) is 5.82 Å². The molecule has 1 rings (SSSR count). The lowest BCUT2D eigenvalue weighted by molar-refractivity contribution is -0.385. The Bertz CT molecular complexity index is 507. The average Bonchev–Trinajstić information content (AvgIpc) is 2.38. The summed E-state index contributed by atoms with van der Waals surface area (Å²) in [6, 6.07) is 2.79. The molecule has 0 saturated heterocycles. The Labute approximate surface area is 118 Å². The van der Waals surface area contributed by atoms with Crippen molar-refractivity contribution in [2.75, 3.05) is 11.8 Å². The van der Waals surface area contributed by atoms with Crippen LogP contribution in [0.2, 0.25) is 0 Å². The highest BCUT2D eigenvalue weighted by Gasteiger charge is 2.26. The third kappa shape index (κ3) is 3.78. The highest BCUT2D eigenvalue weighted by molar-refractivity contribution is 6.22. The monoisotopic (exact) mass is 308 g/mol. The Morgan fingerprint density at radius 1 is 1.47 bits per heavy atom. The summed E-state index contributed by atoms with van der Waals surface area (Å²) in [6.45, 7) is 1.61. The number of benzene rings is 1. The van der Waals surface area contributed by atoms with Crippen molar-refractivity contribution in [3.05, 3.63) is 39.7 Å². The van der Waals surface area contributed by atoms with Crippen LogP contribution in [0.15, 0.2) is 18.2 Å². The van der Waals surface area contributed by atoms with Gasteiger partial charge in [0.25, 0.3) is 11.6 Å².